The van der Waals surface area contributed by atoms with Gasteiger partial charge in [-0.1, -0.05) is 48.0 Å². The number of sulfonamides is 1. The van der Waals surface area contributed by atoms with E-state index in [0.717, 1.165) is 18.4 Å². The van der Waals surface area contributed by atoms with Gasteiger partial charge >= 0.3 is 0 Å². The van der Waals surface area contributed by atoms with E-state index < -0.39 is 15.9 Å². The Morgan fingerprint density at radius 1 is 1.17 bits per heavy atom. The molecule has 154 valence electrons. The van der Waals surface area contributed by atoms with E-state index in [2.05, 4.69) is 22.7 Å². The minimum Gasteiger partial charge on any atom is -0.273 e. The van der Waals surface area contributed by atoms with Crippen molar-refractivity contribution in [2.75, 3.05) is 13.1 Å². The second-order valence-corrected chi connectivity index (χ2v) is 9.27. The Morgan fingerprint density at radius 2 is 1.90 bits per heavy atom. The summed E-state index contributed by atoms with van der Waals surface area (Å²) in [6.45, 7) is 2.53. The summed E-state index contributed by atoms with van der Waals surface area (Å²) in [6.07, 6.45) is 4.58. The Bertz CT molecular complexity index is 941. The lowest BCUT2D eigenvalue weighted by molar-refractivity contribution is -0.126. The number of aryl methyl sites for hydroxylation is 2. The van der Waals surface area contributed by atoms with Gasteiger partial charge in [0.2, 0.25) is 15.9 Å². The summed E-state index contributed by atoms with van der Waals surface area (Å²) < 4.78 is 27.1. The van der Waals surface area contributed by atoms with Crippen LogP contribution in [0.1, 0.15) is 30.4 Å². The molecule has 0 radical (unpaired) electrons. The zero-order valence-corrected chi connectivity index (χ0v) is 17.4. The maximum absolute atomic E-state index is 12.9. The first-order valence-electron chi connectivity index (χ1n) is 9.89. The Labute approximate surface area is 172 Å². The van der Waals surface area contributed by atoms with Crippen molar-refractivity contribution in [2.45, 2.75) is 37.5 Å². The van der Waals surface area contributed by atoms with E-state index >= 15 is 0 Å². The van der Waals surface area contributed by atoms with E-state index in [9.17, 15) is 13.2 Å². The maximum Gasteiger partial charge on any atom is 0.244 e. The van der Waals surface area contributed by atoms with E-state index in [1.54, 1.807) is 30.5 Å². The summed E-state index contributed by atoms with van der Waals surface area (Å²) in [5, 5.41) is 4.02. The molecule has 1 aliphatic heterocycles. The van der Waals surface area contributed by atoms with Gasteiger partial charge in [0.15, 0.2) is 0 Å². The molecule has 0 saturated carbocycles. The molecule has 1 atom stereocenters. The highest BCUT2D eigenvalue weighted by Gasteiger charge is 2.33. The Morgan fingerprint density at radius 3 is 2.62 bits per heavy atom. The van der Waals surface area contributed by atoms with Crippen LogP contribution in [-0.2, 0) is 21.2 Å². The van der Waals surface area contributed by atoms with Crippen LogP contribution in [-0.4, -0.2) is 37.9 Å². The zero-order valence-electron chi connectivity index (χ0n) is 16.6. The van der Waals surface area contributed by atoms with E-state index in [1.165, 1.54) is 9.87 Å². The number of piperidine rings is 1. The van der Waals surface area contributed by atoms with Crippen molar-refractivity contribution in [1.29, 1.82) is 0 Å². The first-order valence-corrected chi connectivity index (χ1v) is 11.3. The summed E-state index contributed by atoms with van der Waals surface area (Å²) >= 11 is 0. The van der Waals surface area contributed by atoms with Crippen LogP contribution in [0.3, 0.4) is 0 Å². The summed E-state index contributed by atoms with van der Waals surface area (Å²) in [5.74, 6) is -0.625. The number of rotatable bonds is 7. The second kappa shape index (κ2) is 9.80. The number of nitrogens with zero attached hydrogens (tertiary/aromatic N) is 2. The van der Waals surface area contributed by atoms with Crippen LogP contribution < -0.4 is 5.43 Å². The topological polar surface area (TPSA) is 78.8 Å². The SMILES string of the molecule is Cc1ccc(S(=O)(=O)N2CCC[C@H](C(=O)N/N=C\CCc3ccccc3)C2)cc1. The molecule has 0 bridgehead atoms. The molecule has 1 heterocycles. The molecule has 6 nitrogen and oxygen atoms in total. The third kappa shape index (κ3) is 5.74. The predicted octanol–water partition coefficient (Wildman–Crippen LogP) is 3.13. The van der Waals surface area contributed by atoms with E-state index in [0.29, 0.717) is 19.4 Å². The van der Waals surface area contributed by atoms with Gasteiger partial charge in [0.25, 0.3) is 0 Å². The quantitative estimate of drug-likeness (QED) is 0.559. The highest BCUT2D eigenvalue weighted by Crippen LogP contribution is 2.24. The lowest BCUT2D eigenvalue weighted by Gasteiger charge is -2.30. The average Bonchev–Trinajstić information content (AvgIpc) is 2.74. The lowest BCUT2D eigenvalue weighted by atomic mass is 9.99. The highest BCUT2D eigenvalue weighted by atomic mass is 32.2. The summed E-state index contributed by atoms with van der Waals surface area (Å²) in [5.41, 5.74) is 4.79. The fourth-order valence-electron chi connectivity index (χ4n) is 3.38. The van der Waals surface area contributed by atoms with Crippen LogP contribution in [0.25, 0.3) is 0 Å². The van der Waals surface area contributed by atoms with Crippen molar-refractivity contribution < 1.29 is 13.2 Å². The molecule has 1 amide bonds. The molecule has 1 N–H and O–H groups in total. The number of hydrogen-bond donors (Lipinski definition) is 1. The van der Waals surface area contributed by atoms with Gasteiger partial charge in [0, 0.05) is 19.3 Å². The first-order chi connectivity index (χ1) is 14.0. The molecular formula is C22H27N3O3S. The van der Waals surface area contributed by atoms with E-state index in [4.69, 9.17) is 0 Å². The summed E-state index contributed by atoms with van der Waals surface area (Å²) in [7, 11) is -3.59. The van der Waals surface area contributed by atoms with Gasteiger partial charge in [-0.2, -0.15) is 9.41 Å². The third-order valence-electron chi connectivity index (χ3n) is 5.08. The van der Waals surface area contributed by atoms with Gasteiger partial charge in [-0.15, -0.1) is 0 Å². The normalized spacial score (nSPS) is 18.0. The number of nitrogens with one attached hydrogen (secondary N) is 1. The Balaban J connectivity index is 1.52. The molecule has 3 rings (SSSR count). The predicted molar refractivity (Wildman–Crippen MR) is 114 cm³/mol. The standard InChI is InChI=1S/C22H27N3O3S/c1-18-11-13-21(14-12-18)29(27,28)25-16-6-10-20(17-25)22(26)24-23-15-5-9-19-7-3-2-4-8-19/h2-4,7-8,11-15,20H,5-6,9-10,16-17H2,1H3,(H,24,26)/b23-15-/t20-/m0/s1. The van der Waals surface area contributed by atoms with Crippen LogP contribution in [0.4, 0.5) is 0 Å². The van der Waals surface area contributed by atoms with Gasteiger partial charge in [0.1, 0.15) is 0 Å². The van der Waals surface area contributed by atoms with E-state index in [1.807, 2.05) is 25.1 Å². The van der Waals surface area contributed by atoms with Crippen molar-refractivity contribution in [2.24, 2.45) is 11.0 Å². The molecule has 0 aromatic heterocycles. The summed E-state index contributed by atoms with van der Waals surface area (Å²) in [4.78, 5) is 12.7. The molecule has 1 fully saturated rings. The fraction of sp³-hybridized carbons (Fsp3) is 0.364. The molecule has 0 aliphatic carbocycles. The molecule has 1 saturated heterocycles. The third-order valence-corrected chi connectivity index (χ3v) is 6.96. The van der Waals surface area contributed by atoms with Gasteiger partial charge < -0.3 is 0 Å². The second-order valence-electron chi connectivity index (χ2n) is 7.33. The number of hydrogen-bond acceptors (Lipinski definition) is 4. The van der Waals surface area contributed by atoms with E-state index in [-0.39, 0.29) is 17.3 Å². The van der Waals surface area contributed by atoms with Crippen molar-refractivity contribution >= 4 is 22.1 Å². The largest absolute Gasteiger partial charge is 0.273 e. The van der Waals surface area contributed by atoms with Crippen molar-refractivity contribution in [3.8, 4) is 0 Å². The van der Waals surface area contributed by atoms with Gasteiger partial charge in [0.05, 0.1) is 10.8 Å². The minimum absolute atomic E-state index is 0.182. The number of hydrazone groups is 1. The molecular weight excluding hydrogens is 386 g/mol. The highest BCUT2D eigenvalue weighted by molar-refractivity contribution is 7.89. The van der Waals surface area contributed by atoms with Crippen molar-refractivity contribution in [3.05, 3.63) is 65.7 Å². The lowest BCUT2D eigenvalue weighted by Crippen LogP contribution is -2.44. The number of carbonyl (C=O) groups is 1. The molecule has 2 aromatic carbocycles. The molecule has 0 spiro atoms. The van der Waals surface area contributed by atoms with Crippen molar-refractivity contribution in [1.82, 2.24) is 9.73 Å². The number of amides is 1. The zero-order chi connectivity index (χ0) is 20.7. The van der Waals surface area contributed by atoms with Gasteiger partial charge in [-0.3, -0.25) is 4.79 Å². The van der Waals surface area contributed by atoms with Crippen LogP contribution >= 0.6 is 0 Å². The minimum atomic E-state index is -3.59. The maximum atomic E-state index is 12.9. The van der Waals surface area contributed by atoms with Crippen LogP contribution in [0.15, 0.2) is 64.6 Å². The molecule has 2 aromatic rings. The first kappa shape index (κ1) is 21.2. The Hall–Kier alpha value is -2.51. The van der Waals surface area contributed by atoms with Gasteiger partial charge in [-0.25, -0.2) is 13.8 Å². The van der Waals surface area contributed by atoms with Crippen LogP contribution in [0, 0.1) is 12.8 Å². The average molecular weight is 414 g/mol. The number of carbonyl (C=O) groups excluding carboxylic acids is 1. The van der Waals surface area contributed by atoms with Crippen LogP contribution in [0.5, 0.6) is 0 Å². The fourth-order valence-corrected chi connectivity index (χ4v) is 4.90. The molecule has 1 aliphatic rings. The molecule has 29 heavy (non-hydrogen) atoms. The van der Waals surface area contributed by atoms with Crippen LogP contribution in [0.2, 0.25) is 0 Å². The summed E-state index contributed by atoms with van der Waals surface area (Å²) in [6, 6.07) is 16.9. The molecule has 0 unspecified atom stereocenters. The van der Waals surface area contributed by atoms with Gasteiger partial charge in [-0.05, 0) is 50.3 Å². The monoisotopic (exact) mass is 413 g/mol. The number of benzene rings is 2. The van der Waals surface area contributed by atoms with Crippen molar-refractivity contribution in [3.63, 3.8) is 0 Å². The Kier molecular flexibility index (Phi) is 7.17. The smallest absolute Gasteiger partial charge is 0.244 e. The molecule has 7 heteroatoms.